The smallest absolute Gasteiger partial charge is 0.352 e. The molecule has 0 aliphatic heterocycles. The largest absolute Gasteiger partial charge is 0.497 e. The molecule has 0 aliphatic rings. The molecular weight excluding hydrogens is 348 g/mol. The summed E-state index contributed by atoms with van der Waals surface area (Å²) in [7, 11) is 3.31. The predicted molar refractivity (Wildman–Crippen MR) is 101 cm³/mol. The van der Waals surface area contributed by atoms with Crippen molar-refractivity contribution in [3.8, 4) is 5.75 Å². The van der Waals surface area contributed by atoms with Crippen LogP contribution < -0.4 is 4.74 Å². The van der Waals surface area contributed by atoms with Gasteiger partial charge in [-0.15, -0.1) is 0 Å². The molecule has 2 heterocycles. The molecule has 0 unspecified atom stereocenters. The van der Waals surface area contributed by atoms with Gasteiger partial charge < -0.3 is 24.7 Å². The van der Waals surface area contributed by atoms with Crippen molar-refractivity contribution in [1.29, 1.82) is 0 Å². The molecule has 142 valence electrons. The Morgan fingerprint density at radius 1 is 1.26 bits per heavy atom. The van der Waals surface area contributed by atoms with E-state index in [-0.39, 0.29) is 11.6 Å². The van der Waals surface area contributed by atoms with Crippen molar-refractivity contribution in [2.45, 2.75) is 20.3 Å². The molecule has 0 saturated carbocycles. The number of hydrogen-bond acceptors (Lipinski definition) is 4. The van der Waals surface area contributed by atoms with E-state index >= 15 is 0 Å². The van der Waals surface area contributed by atoms with E-state index in [0.717, 1.165) is 22.6 Å². The van der Waals surface area contributed by atoms with E-state index in [1.54, 1.807) is 32.9 Å². The van der Waals surface area contributed by atoms with Crippen LogP contribution in [0.15, 0.2) is 18.2 Å². The molecule has 1 aromatic carbocycles. The maximum absolute atomic E-state index is 12.8. The van der Waals surface area contributed by atoms with Crippen molar-refractivity contribution in [2.75, 3.05) is 20.7 Å². The summed E-state index contributed by atoms with van der Waals surface area (Å²) >= 11 is 0. The van der Waals surface area contributed by atoms with Crippen LogP contribution in [0, 0.1) is 13.8 Å². The molecule has 1 amide bonds. The van der Waals surface area contributed by atoms with E-state index in [1.807, 2.05) is 18.2 Å². The van der Waals surface area contributed by atoms with Crippen LogP contribution in [0.4, 0.5) is 0 Å². The average Bonchev–Trinajstić information content (AvgIpc) is 3.18. The van der Waals surface area contributed by atoms with E-state index in [4.69, 9.17) is 4.74 Å². The molecule has 0 saturated heterocycles. The number of aromatic amines is 2. The Hall–Kier alpha value is -3.29. The second-order valence-electron chi connectivity index (χ2n) is 6.47. The zero-order valence-corrected chi connectivity index (χ0v) is 15.7. The van der Waals surface area contributed by atoms with Gasteiger partial charge in [0.2, 0.25) is 0 Å². The van der Waals surface area contributed by atoms with Crippen molar-refractivity contribution < 1.29 is 19.4 Å². The highest BCUT2D eigenvalue weighted by atomic mass is 16.5. The number of carbonyl (C=O) groups is 2. The van der Waals surface area contributed by atoms with Crippen LogP contribution in [0.1, 0.15) is 37.9 Å². The van der Waals surface area contributed by atoms with Crippen molar-refractivity contribution in [1.82, 2.24) is 19.9 Å². The number of nitrogens with zero attached hydrogens (tertiary/aromatic N) is 2. The van der Waals surface area contributed by atoms with Crippen LogP contribution in [0.25, 0.3) is 11.0 Å². The first-order valence-corrected chi connectivity index (χ1v) is 8.52. The molecular formula is C19H22N4O4. The molecule has 0 atom stereocenters. The number of rotatable bonds is 6. The highest BCUT2D eigenvalue weighted by molar-refractivity contribution is 6.00. The number of H-pyrrole nitrogens is 2. The number of aromatic nitrogens is 3. The Balaban J connectivity index is 1.73. The molecule has 3 N–H and O–H groups in total. The number of hydrogen-bond donors (Lipinski definition) is 3. The maximum Gasteiger partial charge on any atom is 0.352 e. The number of aryl methyl sites for hydroxylation is 1. The zero-order valence-electron chi connectivity index (χ0n) is 15.7. The lowest BCUT2D eigenvalue weighted by molar-refractivity contribution is 0.0690. The summed E-state index contributed by atoms with van der Waals surface area (Å²) in [4.78, 5) is 36.1. The minimum atomic E-state index is -1.07. The lowest BCUT2D eigenvalue weighted by atomic mass is 10.1. The lowest BCUT2D eigenvalue weighted by Gasteiger charge is -2.17. The van der Waals surface area contributed by atoms with Crippen molar-refractivity contribution in [3.63, 3.8) is 0 Å². The number of amides is 1. The number of ether oxygens (including phenoxy) is 1. The summed E-state index contributed by atoms with van der Waals surface area (Å²) in [6.45, 7) is 3.79. The number of carboxylic acid groups (broad SMARTS) is 1. The van der Waals surface area contributed by atoms with Gasteiger partial charge >= 0.3 is 5.97 Å². The quantitative estimate of drug-likeness (QED) is 0.617. The van der Waals surface area contributed by atoms with E-state index in [2.05, 4.69) is 15.0 Å². The van der Waals surface area contributed by atoms with Crippen molar-refractivity contribution >= 4 is 22.9 Å². The molecule has 8 heteroatoms. The zero-order chi connectivity index (χ0) is 19.7. The van der Waals surface area contributed by atoms with Crippen molar-refractivity contribution in [3.05, 3.63) is 46.5 Å². The van der Waals surface area contributed by atoms with Gasteiger partial charge in [-0.3, -0.25) is 4.79 Å². The molecule has 8 nitrogen and oxygen atoms in total. The van der Waals surface area contributed by atoms with E-state index < -0.39 is 5.97 Å². The molecule has 0 aliphatic carbocycles. The standard InChI is InChI=1S/C19H22N4O4/c1-10-16(11(2)20-17(10)19(25)26)18(24)23(3)8-7-15-21-13-6-5-12(27-4)9-14(13)22-15/h5-6,9,20H,7-8H2,1-4H3,(H,21,22)(H,25,26). The molecule has 0 spiro atoms. The number of likely N-dealkylation sites (N-methyl/N-ethyl adjacent to an activating group) is 1. The molecule has 0 fully saturated rings. The average molecular weight is 370 g/mol. The van der Waals surface area contributed by atoms with Crippen molar-refractivity contribution in [2.24, 2.45) is 0 Å². The highest BCUT2D eigenvalue weighted by Gasteiger charge is 2.23. The van der Waals surface area contributed by atoms with Crippen LogP contribution in [-0.4, -0.2) is 57.5 Å². The number of carbonyl (C=O) groups excluding carboxylic acids is 1. The fourth-order valence-electron chi connectivity index (χ4n) is 3.14. The number of carboxylic acids is 1. The molecule has 3 rings (SSSR count). The van der Waals surface area contributed by atoms with Gasteiger partial charge in [-0.1, -0.05) is 0 Å². The van der Waals surface area contributed by atoms with Crippen LogP contribution in [-0.2, 0) is 6.42 Å². The predicted octanol–water partition coefficient (Wildman–Crippen LogP) is 2.53. The number of benzene rings is 1. The second kappa shape index (κ2) is 7.14. The summed E-state index contributed by atoms with van der Waals surface area (Å²) in [5.41, 5.74) is 3.18. The van der Waals surface area contributed by atoms with E-state index in [9.17, 15) is 14.7 Å². The summed E-state index contributed by atoms with van der Waals surface area (Å²) in [6, 6.07) is 5.60. The third-order valence-electron chi connectivity index (χ3n) is 4.63. The first kappa shape index (κ1) is 18.5. The normalized spacial score (nSPS) is 11.0. The molecule has 3 aromatic rings. The monoisotopic (exact) mass is 370 g/mol. The van der Waals surface area contributed by atoms with Crippen LogP contribution in [0.3, 0.4) is 0 Å². The van der Waals surface area contributed by atoms with E-state index in [1.165, 1.54) is 0 Å². The fourth-order valence-corrected chi connectivity index (χ4v) is 3.14. The molecule has 2 aromatic heterocycles. The molecule has 27 heavy (non-hydrogen) atoms. The number of methoxy groups -OCH3 is 1. The van der Waals surface area contributed by atoms with Gasteiger partial charge in [0, 0.05) is 31.8 Å². The van der Waals surface area contributed by atoms with Gasteiger partial charge in [0.25, 0.3) is 5.91 Å². The Labute approximate surface area is 156 Å². The lowest BCUT2D eigenvalue weighted by Crippen LogP contribution is -2.29. The number of imidazole rings is 1. The number of nitrogens with one attached hydrogen (secondary N) is 2. The summed E-state index contributed by atoms with van der Waals surface area (Å²) in [5.74, 6) is 0.228. The minimum Gasteiger partial charge on any atom is -0.497 e. The third kappa shape index (κ3) is 3.51. The SMILES string of the molecule is COc1ccc2nc(CCN(C)C(=O)c3c(C)[nH]c(C(=O)O)c3C)[nH]c2c1. The number of aromatic carboxylic acids is 1. The Bertz CT molecular complexity index is 1020. The maximum atomic E-state index is 12.8. The topological polar surface area (TPSA) is 111 Å². The second-order valence-corrected chi connectivity index (χ2v) is 6.47. The van der Waals surface area contributed by atoms with Gasteiger partial charge in [0.05, 0.1) is 23.7 Å². The van der Waals surface area contributed by atoms with Gasteiger partial charge in [0.1, 0.15) is 17.3 Å². The van der Waals surface area contributed by atoms with Crippen LogP contribution >= 0.6 is 0 Å². The minimum absolute atomic E-state index is 0.0514. The van der Waals surface area contributed by atoms with Gasteiger partial charge in [0.15, 0.2) is 0 Å². The van der Waals surface area contributed by atoms with E-state index in [0.29, 0.717) is 29.8 Å². The fraction of sp³-hybridized carbons (Fsp3) is 0.316. The first-order chi connectivity index (χ1) is 12.8. The summed E-state index contributed by atoms with van der Waals surface area (Å²) in [6.07, 6.45) is 0.549. The Morgan fingerprint density at radius 2 is 2.00 bits per heavy atom. The van der Waals surface area contributed by atoms with Crippen LogP contribution in [0.5, 0.6) is 5.75 Å². The van der Waals surface area contributed by atoms with Gasteiger partial charge in [-0.2, -0.15) is 0 Å². The first-order valence-electron chi connectivity index (χ1n) is 8.52. The van der Waals surface area contributed by atoms with Gasteiger partial charge in [-0.05, 0) is 31.5 Å². The third-order valence-corrected chi connectivity index (χ3v) is 4.63. The number of fused-ring (bicyclic) bond motifs is 1. The summed E-state index contributed by atoms with van der Waals surface area (Å²) in [5, 5.41) is 9.20. The Morgan fingerprint density at radius 3 is 2.63 bits per heavy atom. The molecule has 0 bridgehead atoms. The highest BCUT2D eigenvalue weighted by Crippen LogP contribution is 2.21. The molecule has 0 radical (unpaired) electrons. The Kier molecular flexibility index (Phi) is 4.89. The van der Waals surface area contributed by atoms with Gasteiger partial charge in [-0.25, -0.2) is 9.78 Å². The van der Waals surface area contributed by atoms with Crippen LogP contribution in [0.2, 0.25) is 0 Å². The summed E-state index contributed by atoms with van der Waals surface area (Å²) < 4.78 is 5.21.